The minimum Gasteiger partial charge on any atom is -0.271 e. The summed E-state index contributed by atoms with van der Waals surface area (Å²) >= 11 is 4.02. The summed E-state index contributed by atoms with van der Waals surface area (Å²) in [5.74, 6) is 0. The van der Waals surface area contributed by atoms with E-state index in [1.165, 1.54) is 43.2 Å². The van der Waals surface area contributed by atoms with E-state index in [1.54, 1.807) is 0 Å². The normalized spacial score (nSPS) is 20.3. The second kappa shape index (κ2) is 9.94. The summed E-state index contributed by atoms with van der Waals surface area (Å²) in [7, 11) is 0. The Morgan fingerprint density at radius 3 is 1.11 bits per heavy atom. The fourth-order valence-electron chi connectivity index (χ4n) is 5.02. The molecule has 2 aliphatic heterocycles. The number of rotatable bonds is 5. The van der Waals surface area contributed by atoms with Crippen LogP contribution < -0.4 is 0 Å². The second-order valence-corrected chi connectivity index (χ2v) is 10.9. The highest BCUT2D eigenvalue weighted by Gasteiger charge is 2.44. The van der Waals surface area contributed by atoms with Crippen LogP contribution >= 0.6 is 23.5 Å². The van der Waals surface area contributed by atoms with E-state index in [0.717, 1.165) is 6.54 Å². The van der Waals surface area contributed by atoms with Crippen molar-refractivity contribution < 1.29 is 0 Å². The lowest BCUT2D eigenvalue weighted by atomic mass is 9.97. The van der Waals surface area contributed by atoms with E-state index in [-0.39, 0.29) is 10.7 Å². The van der Waals surface area contributed by atoms with Gasteiger partial charge in [0.25, 0.3) is 0 Å². The molecule has 0 fully saturated rings. The third-order valence-corrected chi connectivity index (χ3v) is 9.49. The van der Waals surface area contributed by atoms with Crippen LogP contribution in [0.5, 0.6) is 0 Å². The molecular formula is C32H27NS2. The predicted octanol–water partition coefficient (Wildman–Crippen LogP) is 8.59. The number of benzene rings is 4. The molecule has 172 valence electrons. The first-order valence-corrected chi connectivity index (χ1v) is 13.9. The summed E-state index contributed by atoms with van der Waals surface area (Å²) in [5.41, 5.74) is 8.07. The maximum atomic E-state index is 2.68. The lowest BCUT2D eigenvalue weighted by molar-refractivity contribution is 0.318. The van der Waals surface area contributed by atoms with E-state index in [9.17, 15) is 0 Å². The Hall–Kier alpha value is -2.98. The van der Waals surface area contributed by atoms with Gasteiger partial charge in [-0.15, -0.1) is 23.5 Å². The van der Waals surface area contributed by atoms with Gasteiger partial charge in [-0.1, -0.05) is 128 Å². The predicted molar refractivity (Wildman–Crippen MR) is 155 cm³/mol. The van der Waals surface area contributed by atoms with Crippen LogP contribution in [-0.2, 0) is 0 Å². The quantitative estimate of drug-likeness (QED) is 0.276. The van der Waals surface area contributed by atoms with E-state index in [4.69, 9.17) is 0 Å². The molecule has 6 rings (SSSR count). The first kappa shape index (κ1) is 22.5. The van der Waals surface area contributed by atoms with Crippen molar-refractivity contribution in [3.8, 4) is 0 Å². The van der Waals surface area contributed by atoms with Gasteiger partial charge in [0.1, 0.15) is 0 Å². The zero-order chi connectivity index (χ0) is 23.6. The Labute approximate surface area is 216 Å². The Morgan fingerprint density at radius 2 is 0.800 bits per heavy atom. The van der Waals surface area contributed by atoms with Crippen molar-refractivity contribution in [1.29, 1.82) is 0 Å². The van der Waals surface area contributed by atoms with Crippen molar-refractivity contribution in [2.45, 2.75) is 17.7 Å². The van der Waals surface area contributed by atoms with Crippen molar-refractivity contribution >= 4 is 44.5 Å². The van der Waals surface area contributed by atoms with Crippen molar-refractivity contribution in [1.82, 2.24) is 4.90 Å². The monoisotopic (exact) mass is 489 g/mol. The van der Waals surface area contributed by atoms with Crippen LogP contribution in [0, 0.1) is 0 Å². The summed E-state index contributed by atoms with van der Waals surface area (Å²) in [6.07, 6.45) is 0. The zero-order valence-electron chi connectivity index (χ0n) is 19.7. The average Bonchev–Trinajstić information content (AvgIpc) is 2.94. The number of thioether (sulfide) groups is 2. The highest BCUT2D eigenvalue weighted by atomic mass is 32.2. The van der Waals surface area contributed by atoms with Gasteiger partial charge in [0.15, 0.2) is 0 Å². The number of likely N-dealkylation sites (N-methyl/N-ethyl adjacent to an activating group) is 1. The van der Waals surface area contributed by atoms with Crippen LogP contribution in [0.2, 0.25) is 0 Å². The van der Waals surface area contributed by atoms with Crippen LogP contribution in [0.1, 0.15) is 29.2 Å². The van der Waals surface area contributed by atoms with Crippen molar-refractivity contribution in [3.63, 3.8) is 0 Å². The SMILES string of the molecule is CCN1C2SC(c3ccccc3)=C(c3ccccc3)C1SC(c1ccccc1)=C2c1ccccc1. The van der Waals surface area contributed by atoms with Crippen molar-refractivity contribution in [2.75, 3.05) is 6.54 Å². The molecule has 2 atom stereocenters. The number of nitrogens with zero attached hydrogens (tertiary/aromatic N) is 1. The molecule has 3 heteroatoms. The second-order valence-electron chi connectivity index (χ2n) is 8.72. The van der Waals surface area contributed by atoms with Gasteiger partial charge >= 0.3 is 0 Å². The van der Waals surface area contributed by atoms with Crippen LogP contribution in [0.4, 0.5) is 0 Å². The molecule has 0 aliphatic carbocycles. The van der Waals surface area contributed by atoms with Crippen LogP contribution in [0.15, 0.2) is 121 Å². The molecule has 4 aromatic rings. The molecule has 0 amide bonds. The van der Waals surface area contributed by atoms with Gasteiger partial charge < -0.3 is 0 Å². The van der Waals surface area contributed by atoms with Crippen LogP contribution in [-0.4, -0.2) is 22.2 Å². The fourth-order valence-corrected chi connectivity index (χ4v) is 8.51. The molecule has 2 bridgehead atoms. The molecule has 4 aromatic carbocycles. The molecule has 0 N–H and O–H groups in total. The molecular weight excluding hydrogens is 462 g/mol. The third-order valence-electron chi connectivity index (χ3n) is 6.65. The highest BCUT2D eigenvalue weighted by Crippen LogP contribution is 2.59. The molecule has 1 nitrogen and oxygen atoms in total. The molecule has 35 heavy (non-hydrogen) atoms. The summed E-state index contributed by atoms with van der Waals surface area (Å²) < 4.78 is 0. The van der Waals surface area contributed by atoms with E-state index in [0.29, 0.717) is 0 Å². The largest absolute Gasteiger partial charge is 0.271 e. The maximum Gasteiger partial charge on any atom is 0.0889 e. The topological polar surface area (TPSA) is 3.24 Å². The van der Waals surface area contributed by atoms with Gasteiger partial charge in [-0.25, -0.2) is 0 Å². The molecule has 0 radical (unpaired) electrons. The molecule has 0 spiro atoms. The molecule has 2 unspecified atom stereocenters. The van der Waals surface area contributed by atoms with E-state index < -0.39 is 0 Å². The smallest absolute Gasteiger partial charge is 0.0889 e. The van der Waals surface area contributed by atoms with Gasteiger partial charge in [-0.3, -0.25) is 4.90 Å². The van der Waals surface area contributed by atoms with Crippen molar-refractivity contribution in [2.24, 2.45) is 0 Å². The van der Waals surface area contributed by atoms with Gasteiger partial charge in [0, 0.05) is 21.0 Å². The lowest BCUT2D eigenvalue weighted by Gasteiger charge is -2.48. The average molecular weight is 490 g/mol. The number of hydrogen-bond acceptors (Lipinski definition) is 3. The van der Waals surface area contributed by atoms with Gasteiger partial charge in [-0.2, -0.15) is 0 Å². The van der Waals surface area contributed by atoms with Gasteiger partial charge in [-0.05, 0) is 28.8 Å². The van der Waals surface area contributed by atoms with E-state index in [2.05, 4.69) is 133 Å². The summed E-state index contributed by atoms with van der Waals surface area (Å²) in [6, 6.07) is 43.8. The molecule has 0 saturated heterocycles. The highest BCUT2D eigenvalue weighted by molar-refractivity contribution is 8.12. The van der Waals surface area contributed by atoms with Gasteiger partial charge in [0.05, 0.1) is 10.7 Å². The summed E-state index contributed by atoms with van der Waals surface area (Å²) in [6.45, 7) is 3.29. The molecule has 0 aromatic heterocycles. The Balaban J connectivity index is 1.60. The molecule has 2 aliphatic rings. The lowest BCUT2D eigenvalue weighted by Crippen LogP contribution is -2.46. The first-order valence-electron chi connectivity index (χ1n) is 12.1. The minimum absolute atomic E-state index is 0.242. The zero-order valence-corrected chi connectivity index (χ0v) is 21.3. The van der Waals surface area contributed by atoms with E-state index >= 15 is 0 Å². The van der Waals surface area contributed by atoms with E-state index in [1.807, 2.05) is 23.5 Å². The Bertz CT molecular complexity index is 1260. The van der Waals surface area contributed by atoms with Crippen molar-refractivity contribution in [3.05, 3.63) is 144 Å². The number of hydrogen-bond donors (Lipinski definition) is 0. The summed E-state index contributed by atoms with van der Waals surface area (Å²) in [4.78, 5) is 5.47. The minimum atomic E-state index is 0.242. The number of fused-ring (bicyclic) bond motifs is 2. The molecule has 0 saturated carbocycles. The Morgan fingerprint density at radius 1 is 0.486 bits per heavy atom. The fraction of sp³-hybridized carbons (Fsp3) is 0.125. The molecule has 2 heterocycles. The van der Waals surface area contributed by atoms with Crippen LogP contribution in [0.3, 0.4) is 0 Å². The van der Waals surface area contributed by atoms with Gasteiger partial charge in [0.2, 0.25) is 0 Å². The Kier molecular flexibility index (Phi) is 6.39. The third kappa shape index (κ3) is 4.18. The first-order chi connectivity index (χ1) is 17.3. The standard InChI is InChI=1S/C32H27NS2/c1-2-33-31-27(23-15-7-3-8-16-23)29(25-19-11-5-12-20-25)34-32(33)28(24-17-9-4-10-18-24)30(35-31)26-21-13-6-14-22-26/h3-22,31-32H,2H2,1H3. The summed E-state index contributed by atoms with van der Waals surface area (Å²) in [5, 5.41) is 0.484. The maximum absolute atomic E-state index is 2.68. The van der Waals surface area contributed by atoms with Crippen LogP contribution in [0.25, 0.3) is 21.0 Å².